The van der Waals surface area contributed by atoms with Gasteiger partial charge in [-0.2, -0.15) is 0 Å². The first kappa shape index (κ1) is 18.2. The minimum Gasteiger partial charge on any atom is -0.416 e. The molecule has 1 nitrogen and oxygen atoms in total. The van der Waals surface area contributed by atoms with Gasteiger partial charge in [0.2, 0.25) is 9.04 Å². The van der Waals surface area contributed by atoms with Gasteiger partial charge in [-0.1, -0.05) is 80.6 Å². The van der Waals surface area contributed by atoms with Gasteiger partial charge in [0.1, 0.15) is 0 Å². The summed E-state index contributed by atoms with van der Waals surface area (Å²) in [5.41, 5.74) is 0. The quantitative estimate of drug-likeness (QED) is 0.391. The third kappa shape index (κ3) is 8.31. The Labute approximate surface area is 117 Å². The summed E-state index contributed by atoms with van der Waals surface area (Å²) in [4.78, 5) is 0. The predicted molar refractivity (Wildman–Crippen MR) is 84.5 cm³/mol. The molecule has 0 unspecified atom stereocenters. The van der Waals surface area contributed by atoms with Gasteiger partial charge < -0.3 is 4.43 Å². The molecular weight excluding hydrogens is 236 g/mol. The second kappa shape index (κ2) is 8.37. The van der Waals surface area contributed by atoms with Gasteiger partial charge in [-0.3, -0.25) is 0 Å². The van der Waals surface area contributed by atoms with E-state index < -0.39 is 9.04 Å². The summed E-state index contributed by atoms with van der Waals surface area (Å²) >= 11 is 0. The summed E-state index contributed by atoms with van der Waals surface area (Å²) in [5.74, 6) is 0. The van der Waals surface area contributed by atoms with Crippen molar-refractivity contribution in [3.63, 3.8) is 0 Å². The first-order chi connectivity index (χ1) is 8.19. The number of rotatable bonds is 8. The van der Waals surface area contributed by atoms with E-state index in [1.807, 2.05) is 0 Å². The Morgan fingerprint density at radius 3 is 1.61 bits per heavy atom. The van der Waals surface area contributed by atoms with Crippen LogP contribution in [0, 0.1) is 0 Å². The van der Waals surface area contributed by atoms with Gasteiger partial charge in [-0.25, -0.2) is 0 Å². The highest BCUT2D eigenvalue weighted by Gasteiger charge is 2.39. The molecular formula is C16H35OSi. The van der Waals surface area contributed by atoms with Crippen molar-refractivity contribution >= 4 is 9.04 Å². The Kier molecular flexibility index (Phi) is 8.45. The van der Waals surface area contributed by atoms with Gasteiger partial charge in [0.15, 0.2) is 0 Å². The summed E-state index contributed by atoms with van der Waals surface area (Å²) < 4.78 is 6.28. The van der Waals surface area contributed by atoms with Crippen LogP contribution >= 0.6 is 0 Å². The molecule has 0 saturated heterocycles. The molecule has 0 bridgehead atoms. The Balaban J connectivity index is 3.86. The van der Waals surface area contributed by atoms with E-state index in [0.29, 0.717) is 10.1 Å². The minimum absolute atomic E-state index is 0.325. The second-order valence-corrected chi connectivity index (χ2v) is 11.4. The van der Waals surface area contributed by atoms with Crippen LogP contribution in [0.5, 0.6) is 0 Å². The lowest BCUT2D eigenvalue weighted by Gasteiger charge is -2.37. The van der Waals surface area contributed by atoms with Gasteiger partial charge >= 0.3 is 0 Å². The molecule has 0 heterocycles. The standard InChI is InChI=1S/C16H35OSi/c1-8-9-10-11-12-13-14-17-18(15(2,3)4)16(5,6)7/h8-14H2,1-7H3. The van der Waals surface area contributed by atoms with E-state index in [9.17, 15) is 0 Å². The summed E-state index contributed by atoms with van der Waals surface area (Å²) in [6.45, 7) is 17.2. The second-order valence-electron chi connectivity index (χ2n) is 7.45. The average molecular weight is 272 g/mol. The zero-order valence-electron chi connectivity index (χ0n) is 13.9. The zero-order valence-corrected chi connectivity index (χ0v) is 14.9. The number of hydrogen-bond donors (Lipinski definition) is 0. The van der Waals surface area contributed by atoms with Crippen LogP contribution < -0.4 is 0 Å². The highest BCUT2D eigenvalue weighted by Crippen LogP contribution is 2.42. The molecule has 1 radical (unpaired) electrons. The van der Waals surface area contributed by atoms with Crippen LogP contribution in [0.4, 0.5) is 0 Å². The lowest BCUT2D eigenvalue weighted by Crippen LogP contribution is -2.38. The Morgan fingerprint density at radius 1 is 0.722 bits per heavy atom. The lowest BCUT2D eigenvalue weighted by molar-refractivity contribution is 0.272. The summed E-state index contributed by atoms with van der Waals surface area (Å²) in [7, 11) is -0.773. The van der Waals surface area contributed by atoms with Crippen LogP contribution in [0.1, 0.15) is 87.0 Å². The molecule has 0 aromatic rings. The van der Waals surface area contributed by atoms with Crippen LogP contribution in [0.15, 0.2) is 0 Å². The molecule has 0 atom stereocenters. The maximum absolute atomic E-state index is 6.28. The maximum Gasteiger partial charge on any atom is 0.222 e. The fourth-order valence-electron chi connectivity index (χ4n) is 2.61. The maximum atomic E-state index is 6.28. The molecule has 0 aromatic carbocycles. The van der Waals surface area contributed by atoms with E-state index in [1.54, 1.807) is 0 Å². The average Bonchev–Trinajstić information content (AvgIpc) is 2.18. The molecule has 109 valence electrons. The van der Waals surface area contributed by atoms with Crippen molar-refractivity contribution in [2.24, 2.45) is 0 Å². The van der Waals surface area contributed by atoms with Gasteiger partial charge in [0, 0.05) is 6.61 Å². The van der Waals surface area contributed by atoms with Crippen molar-refractivity contribution in [3.8, 4) is 0 Å². The normalized spacial score (nSPS) is 13.3. The van der Waals surface area contributed by atoms with Gasteiger partial charge in [-0.05, 0) is 16.5 Å². The Hall–Kier alpha value is 0.177. The summed E-state index contributed by atoms with van der Waals surface area (Å²) in [6.07, 6.45) is 8.07. The molecule has 0 aliphatic rings. The third-order valence-corrected chi connectivity index (χ3v) is 6.32. The number of hydrogen-bond acceptors (Lipinski definition) is 1. The van der Waals surface area contributed by atoms with Crippen molar-refractivity contribution in [1.29, 1.82) is 0 Å². The van der Waals surface area contributed by atoms with Crippen molar-refractivity contribution in [2.75, 3.05) is 6.61 Å². The van der Waals surface area contributed by atoms with Gasteiger partial charge in [0.25, 0.3) is 0 Å². The fraction of sp³-hybridized carbons (Fsp3) is 1.00. The molecule has 0 saturated carbocycles. The van der Waals surface area contributed by atoms with Crippen LogP contribution in [0.2, 0.25) is 10.1 Å². The Bertz CT molecular complexity index is 186. The van der Waals surface area contributed by atoms with Gasteiger partial charge in [-0.15, -0.1) is 0 Å². The van der Waals surface area contributed by atoms with Crippen molar-refractivity contribution < 1.29 is 4.43 Å². The van der Waals surface area contributed by atoms with E-state index in [0.717, 1.165) is 6.61 Å². The van der Waals surface area contributed by atoms with Crippen LogP contribution in [0.25, 0.3) is 0 Å². The molecule has 0 aromatic heterocycles. The molecule has 0 fully saturated rings. The highest BCUT2D eigenvalue weighted by atomic mass is 28.3. The summed E-state index contributed by atoms with van der Waals surface area (Å²) in [5, 5.41) is 0.649. The Morgan fingerprint density at radius 2 is 1.17 bits per heavy atom. The monoisotopic (exact) mass is 271 g/mol. The molecule has 0 aliphatic heterocycles. The third-order valence-electron chi connectivity index (χ3n) is 3.11. The molecule has 0 amide bonds. The number of unbranched alkanes of at least 4 members (excludes halogenated alkanes) is 5. The molecule has 0 rings (SSSR count). The van der Waals surface area contributed by atoms with Crippen LogP contribution in [0.3, 0.4) is 0 Å². The van der Waals surface area contributed by atoms with Gasteiger partial charge in [0.05, 0.1) is 0 Å². The topological polar surface area (TPSA) is 9.23 Å². The lowest BCUT2D eigenvalue weighted by atomic mass is 10.1. The molecule has 2 heteroatoms. The predicted octanol–water partition coefficient (Wildman–Crippen LogP) is 5.96. The van der Waals surface area contributed by atoms with E-state index in [-0.39, 0.29) is 0 Å². The van der Waals surface area contributed by atoms with Crippen molar-refractivity contribution in [2.45, 2.75) is 97.1 Å². The van der Waals surface area contributed by atoms with Crippen LogP contribution in [-0.2, 0) is 4.43 Å². The van der Waals surface area contributed by atoms with E-state index in [4.69, 9.17) is 4.43 Å². The zero-order chi connectivity index (χ0) is 14.2. The summed E-state index contributed by atoms with van der Waals surface area (Å²) in [6, 6.07) is 0. The molecule has 0 N–H and O–H groups in total. The van der Waals surface area contributed by atoms with E-state index >= 15 is 0 Å². The highest BCUT2D eigenvalue weighted by molar-refractivity contribution is 6.58. The van der Waals surface area contributed by atoms with E-state index in [1.165, 1.54) is 38.5 Å². The fourth-order valence-corrected chi connectivity index (χ4v) is 6.08. The molecule has 0 aliphatic carbocycles. The minimum atomic E-state index is -0.773. The largest absolute Gasteiger partial charge is 0.416 e. The van der Waals surface area contributed by atoms with Crippen molar-refractivity contribution in [3.05, 3.63) is 0 Å². The van der Waals surface area contributed by atoms with Crippen molar-refractivity contribution in [1.82, 2.24) is 0 Å². The molecule has 0 spiro atoms. The molecule has 18 heavy (non-hydrogen) atoms. The van der Waals surface area contributed by atoms with E-state index in [2.05, 4.69) is 48.5 Å². The SMILES string of the molecule is CCCCCCCCO[Si](C(C)(C)C)C(C)(C)C. The first-order valence-corrected chi connectivity index (χ1v) is 9.11. The first-order valence-electron chi connectivity index (χ1n) is 7.70. The van der Waals surface area contributed by atoms with Crippen LogP contribution in [-0.4, -0.2) is 15.6 Å². The smallest absolute Gasteiger partial charge is 0.222 e.